The first kappa shape index (κ1) is 34.5. The molecule has 10 aromatic rings. The first-order chi connectivity index (χ1) is 30.8. The predicted molar refractivity (Wildman–Crippen MR) is 268 cm³/mol. The molecule has 0 N–H and O–H groups in total. The van der Waals surface area contributed by atoms with Gasteiger partial charge in [-0.25, -0.2) is 0 Å². The molecule has 0 spiro atoms. The third-order valence-electron chi connectivity index (χ3n) is 13.2. The van der Waals surface area contributed by atoms with Crippen LogP contribution in [0.2, 0.25) is 0 Å². The lowest BCUT2D eigenvalue weighted by atomic mass is 9.35. The van der Waals surface area contributed by atoms with Crippen molar-refractivity contribution < 1.29 is 0 Å². The van der Waals surface area contributed by atoms with E-state index in [1.165, 1.54) is 92.0 Å². The maximum absolute atomic E-state index is 2.60. The topological polar surface area (TPSA) is 13.0 Å². The number of rotatable bonds is 4. The van der Waals surface area contributed by atoms with Crippen LogP contribution in [0.3, 0.4) is 0 Å². The van der Waals surface area contributed by atoms with Gasteiger partial charge in [0.25, 0.3) is 13.4 Å². The molecule has 62 heavy (non-hydrogen) atoms. The van der Waals surface area contributed by atoms with Gasteiger partial charge in [0.1, 0.15) is 0 Å². The average molecular weight is 825 g/mol. The van der Waals surface area contributed by atoms with Gasteiger partial charge in [-0.3, -0.25) is 0 Å². The summed E-state index contributed by atoms with van der Waals surface area (Å²) in [4.78, 5) is 10.2. The molecule has 0 aliphatic carbocycles. The second-order valence-electron chi connectivity index (χ2n) is 16.4. The highest BCUT2D eigenvalue weighted by Crippen LogP contribution is 2.53. The van der Waals surface area contributed by atoms with Gasteiger partial charge in [-0.1, -0.05) is 121 Å². The Bertz CT molecular complexity index is 3410. The standard InChI is InChI=1S/C54H34B2N4S2/c1-5-19-35(20-6-1)57-41-29-15-14-28-40(41)55-48-42(57)30-17-31-43(48)58(36-21-7-2-8-22-36)50-51-53(62-52(50)55)56-47-39-27-13-16-34-46(39)61-54(47)60(38-25-11-4-12-26-38)45-33-18-32-44(49(45)56)59(51)37-23-9-3-10-24-37/h1-34H. The summed E-state index contributed by atoms with van der Waals surface area (Å²) < 4.78 is 4.07. The highest BCUT2D eigenvalue weighted by molar-refractivity contribution is 7.39. The SMILES string of the molecule is c1ccc(N2c3ccccc3B3c4sc5c(c4N(c4ccccc4)c4cccc2c43)N(c2ccccc2)c2cccc3c2B5c2c(sc4ccccc24)N3c2ccccc2)cc1. The molecule has 14 rings (SSSR count). The second-order valence-corrected chi connectivity index (χ2v) is 18.5. The third kappa shape index (κ3) is 4.63. The number of fused-ring (bicyclic) bond motifs is 11. The fourth-order valence-corrected chi connectivity index (χ4v) is 13.7. The molecular weight excluding hydrogens is 790 g/mol. The molecule has 0 saturated heterocycles. The summed E-state index contributed by atoms with van der Waals surface area (Å²) in [5.41, 5.74) is 18.7. The zero-order chi connectivity index (χ0) is 40.5. The Labute approximate surface area is 369 Å². The highest BCUT2D eigenvalue weighted by atomic mass is 32.1. The van der Waals surface area contributed by atoms with Crippen LogP contribution in [-0.2, 0) is 0 Å². The van der Waals surface area contributed by atoms with E-state index in [-0.39, 0.29) is 13.4 Å². The van der Waals surface area contributed by atoms with Gasteiger partial charge in [0, 0.05) is 65.4 Å². The summed E-state index contributed by atoms with van der Waals surface area (Å²) >= 11 is 3.95. The molecule has 0 radical (unpaired) electrons. The van der Waals surface area contributed by atoms with Crippen LogP contribution in [0.5, 0.6) is 0 Å². The maximum Gasteiger partial charge on any atom is 0.266 e. The number of anilines is 12. The normalized spacial score (nSPS) is 13.9. The van der Waals surface area contributed by atoms with E-state index in [4.69, 9.17) is 0 Å². The molecule has 6 heterocycles. The Hall–Kier alpha value is -7.25. The van der Waals surface area contributed by atoms with Gasteiger partial charge >= 0.3 is 0 Å². The van der Waals surface area contributed by atoms with Crippen LogP contribution in [0, 0.1) is 0 Å². The van der Waals surface area contributed by atoms with Gasteiger partial charge in [0.15, 0.2) is 0 Å². The monoisotopic (exact) mass is 824 g/mol. The molecule has 0 fully saturated rings. The van der Waals surface area contributed by atoms with E-state index in [1.54, 1.807) is 0 Å². The molecule has 2 aromatic heterocycles. The largest absolute Gasteiger partial charge is 0.311 e. The van der Waals surface area contributed by atoms with Crippen LogP contribution in [0.4, 0.5) is 67.6 Å². The average Bonchev–Trinajstić information content (AvgIpc) is 3.92. The van der Waals surface area contributed by atoms with E-state index in [9.17, 15) is 0 Å². The summed E-state index contributed by atoms with van der Waals surface area (Å²) in [5.74, 6) is 0. The van der Waals surface area contributed by atoms with Crippen molar-refractivity contribution in [1.82, 2.24) is 0 Å². The molecule has 8 aromatic carbocycles. The lowest BCUT2D eigenvalue weighted by Gasteiger charge is -2.45. The van der Waals surface area contributed by atoms with Crippen molar-refractivity contribution in [2.24, 2.45) is 0 Å². The van der Waals surface area contributed by atoms with Crippen molar-refractivity contribution >= 4 is 145 Å². The third-order valence-corrected chi connectivity index (χ3v) is 15.7. The van der Waals surface area contributed by atoms with E-state index < -0.39 is 0 Å². The minimum atomic E-state index is 0.0118. The fourth-order valence-electron chi connectivity index (χ4n) is 10.9. The van der Waals surface area contributed by atoms with Crippen LogP contribution < -0.4 is 51.0 Å². The second kappa shape index (κ2) is 13.1. The Balaban J connectivity index is 1.13. The summed E-state index contributed by atoms with van der Waals surface area (Å²) in [6.45, 7) is 0.0314. The Morgan fingerprint density at radius 3 is 1.32 bits per heavy atom. The molecule has 0 unspecified atom stereocenters. The molecule has 4 aliphatic rings. The molecule has 4 aliphatic heterocycles. The minimum absolute atomic E-state index is 0.0118. The van der Waals surface area contributed by atoms with E-state index >= 15 is 0 Å². The minimum Gasteiger partial charge on any atom is -0.311 e. The van der Waals surface area contributed by atoms with Crippen molar-refractivity contribution in [2.75, 3.05) is 19.6 Å². The number of thiophene rings is 2. The molecule has 0 amide bonds. The molecular formula is C54H34B2N4S2. The summed E-state index contributed by atoms with van der Waals surface area (Å²) in [6, 6.07) is 76.1. The number of hydrogen-bond donors (Lipinski definition) is 0. The smallest absolute Gasteiger partial charge is 0.266 e. The zero-order valence-electron chi connectivity index (χ0n) is 33.4. The van der Waals surface area contributed by atoms with E-state index in [1.807, 2.05) is 22.7 Å². The van der Waals surface area contributed by atoms with Gasteiger partial charge in [-0.15, -0.1) is 11.3 Å². The van der Waals surface area contributed by atoms with Gasteiger partial charge in [0.2, 0.25) is 0 Å². The van der Waals surface area contributed by atoms with Crippen LogP contribution in [0.1, 0.15) is 0 Å². The predicted octanol–water partition coefficient (Wildman–Crippen LogP) is 11.1. The van der Waals surface area contributed by atoms with Crippen molar-refractivity contribution in [1.29, 1.82) is 0 Å². The van der Waals surface area contributed by atoms with Gasteiger partial charge in [-0.05, 0) is 112 Å². The Kier molecular flexibility index (Phi) is 7.29. The first-order valence-electron chi connectivity index (χ1n) is 21.3. The number of hydrogen-bond acceptors (Lipinski definition) is 6. The number of benzene rings is 8. The summed E-state index contributed by atoms with van der Waals surface area (Å²) in [5, 5.41) is 2.63. The van der Waals surface area contributed by atoms with Crippen LogP contribution in [-0.4, -0.2) is 13.4 Å². The number of para-hydroxylation sites is 5. The summed E-state index contributed by atoms with van der Waals surface area (Å²) in [7, 11) is 0. The molecule has 288 valence electrons. The van der Waals surface area contributed by atoms with E-state index in [0.29, 0.717) is 0 Å². The van der Waals surface area contributed by atoms with Crippen LogP contribution in [0.15, 0.2) is 206 Å². The lowest BCUT2D eigenvalue weighted by Crippen LogP contribution is -2.60. The Morgan fingerprint density at radius 2 is 0.726 bits per heavy atom. The van der Waals surface area contributed by atoms with Crippen molar-refractivity contribution in [2.45, 2.75) is 0 Å². The fraction of sp³-hybridized carbons (Fsp3) is 0. The summed E-state index contributed by atoms with van der Waals surface area (Å²) in [6.07, 6.45) is 0. The molecule has 0 saturated carbocycles. The quantitative estimate of drug-likeness (QED) is 0.164. The van der Waals surface area contributed by atoms with Crippen LogP contribution >= 0.6 is 22.7 Å². The van der Waals surface area contributed by atoms with Crippen molar-refractivity contribution in [3.63, 3.8) is 0 Å². The lowest BCUT2D eigenvalue weighted by molar-refractivity contribution is 1.23. The van der Waals surface area contributed by atoms with Crippen molar-refractivity contribution in [3.05, 3.63) is 206 Å². The van der Waals surface area contributed by atoms with Crippen molar-refractivity contribution in [3.8, 4) is 0 Å². The van der Waals surface area contributed by atoms with Gasteiger partial charge < -0.3 is 19.6 Å². The van der Waals surface area contributed by atoms with Gasteiger partial charge in [0.05, 0.1) is 16.4 Å². The maximum atomic E-state index is 2.60. The number of nitrogens with zero attached hydrogens (tertiary/aromatic N) is 4. The molecule has 8 heteroatoms. The van der Waals surface area contributed by atoms with E-state index in [0.717, 1.165) is 17.1 Å². The van der Waals surface area contributed by atoms with Gasteiger partial charge in [-0.2, -0.15) is 11.3 Å². The first-order valence-corrected chi connectivity index (χ1v) is 22.9. The van der Waals surface area contributed by atoms with E-state index in [2.05, 4.69) is 226 Å². The molecule has 4 nitrogen and oxygen atoms in total. The molecule has 0 bridgehead atoms. The zero-order valence-corrected chi connectivity index (χ0v) is 35.0. The molecule has 0 atom stereocenters. The van der Waals surface area contributed by atoms with Crippen LogP contribution in [0.25, 0.3) is 10.1 Å². The Morgan fingerprint density at radius 1 is 0.306 bits per heavy atom. The highest BCUT2D eigenvalue weighted by Gasteiger charge is 2.52.